The molecule has 0 saturated heterocycles. The van der Waals surface area contributed by atoms with Crippen molar-refractivity contribution >= 4 is 22.0 Å². The summed E-state index contributed by atoms with van der Waals surface area (Å²) in [6.07, 6.45) is 3.22. The lowest BCUT2D eigenvalue weighted by molar-refractivity contribution is -0.125. The van der Waals surface area contributed by atoms with Gasteiger partial charge in [-0.15, -0.1) is 0 Å². The van der Waals surface area contributed by atoms with Gasteiger partial charge in [0.2, 0.25) is 15.9 Å². The third kappa shape index (κ3) is 4.91. The smallest absolute Gasteiger partial charge is 0.246 e. The lowest BCUT2D eigenvalue weighted by Gasteiger charge is -2.18. The van der Waals surface area contributed by atoms with Crippen molar-refractivity contribution in [3.05, 3.63) is 35.9 Å². The Labute approximate surface area is 139 Å². The van der Waals surface area contributed by atoms with Crippen molar-refractivity contribution in [1.82, 2.24) is 9.21 Å². The molecule has 0 aliphatic heterocycles. The summed E-state index contributed by atoms with van der Waals surface area (Å²) in [5, 5.41) is 0. The van der Waals surface area contributed by atoms with Crippen LogP contribution in [0.3, 0.4) is 0 Å². The molecule has 23 heavy (non-hydrogen) atoms. The predicted molar refractivity (Wildman–Crippen MR) is 93.5 cm³/mol. The highest BCUT2D eigenvalue weighted by atomic mass is 32.2. The van der Waals surface area contributed by atoms with Crippen LogP contribution in [0, 0.1) is 0 Å². The van der Waals surface area contributed by atoms with Gasteiger partial charge in [0.25, 0.3) is 0 Å². The van der Waals surface area contributed by atoms with E-state index in [1.807, 2.05) is 27.7 Å². The summed E-state index contributed by atoms with van der Waals surface area (Å²) in [6.45, 7) is 9.72. The maximum atomic E-state index is 12.4. The minimum atomic E-state index is -3.44. The Morgan fingerprint density at radius 1 is 0.957 bits per heavy atom. The number of amides is 1. The SMILES string of the molecule is CCN(CC)C(=O)C=Cc1ccc(S(=O)(=O)N(CC)CC)cc1. The van der Waals surface area contributed by atoms with Gasteiger partial charge in [-0.1, -0.05) is 26.0 Å². The second-order valence-electron chi connectivity index (χ2n) is 5.00. The lowest BCUT2D eigenvalue weighted by Crippen LogP contribution is -2.30. The van der Waals surface area contributed by atoms with Crippen LogP contribution in [0.25, 0.3) is 6.08 Å². The quantitative estimate of drug-likeness (QED) is 0.685. The fourth-order valence-electron chi connectivity index (χ4n) is 2.27. The number of benzene rings is 1. The fraction of sp³-hybridized carbons (Fsp3) is 0.471. The van der Waals surface area contributed by atoms with E-state index in [-0.39, 0.29) is 10.8 Å². The first-order valence-electron chi connectivity index (χ1n) is 7.97. The molecular formula is C17H26N2O3S. The normalized spacial score (nSPS) is 12.0. The summed E-state index contributed by atoms with van der Waals surface area (Å²) >= 11 is 0. The predicted octanol–water partition coefficient (Wildman–Crippen LogP) is 2.60. The number of rotatable bonds is 8. The Kier molecular flexibility index (Phi) is 7.45. The van der Waals surface area contributed by atoms with E-state index < -0.39 is 10.0 Å². The molecule has 0 heterocycles. The first-order valence-corrected chi connectivity index (χ1v) is 9.41. The number of nitrogens with zero attached hydrogens (tertiary/aromatic N) is 2. The zero-order valence-electron chi connectivity index (χ0n) is 14.3. The maximum absolute atomic E-state index is 12.4. The molecule has 0 spiro atoms. The van der Waals surface area contributed by atoms with Gasteiger partial charge in [-0.25, -0.2) is 8.42 Å². The molecule has 0 radical (unpaired) electrons. The highest BCUT2D eigenvalue weighted by molar-refractivity contribution is 7.89. The first-order chi connectivity index (χ1) is 10.9. The summed E-state index contributed by atoms with van der Waals surface area (Å²) < 4.78 is 26.2. The average Bonchev–Trinajstić information content (AvgIpc) is 2.55. The van der Waals surface area contributed by atoms with Crippen LogP contribution in [0.15, 0.2) is 35.2 Å². The Bertz CT molecular complexity index is 628. The molecule has 1 aromatic carbocycles. The summed E-state index contributed by atoms with van der Waals surface area (Å²) in [6, 6.07) is 6.58. The van der Waals surface area contributed by atoms with Crippen LogP contribution >= 0.6 is 0 Å². The molecule has 128 valence electrons. The van der Waals surface area contributed by atoms with Crippen LogP contribution in [-0.4, -0.2) is 49.7 Å². The van der Waals surface area contributed by atoms with Crippen LogP contribution in [0.1, 0.15) is 33.3 Å². The van der Waals surface area contributed by atoms with Crippen molar-refractivity contribution < 1.29 is 13.2 Å². The number of likely N-dealkylation sites (N-methyl/N-ethyl adjacent to an activating group) is 1. The van der Waals surface area contributed by atoms with Crippen LogP contribution < -0.4 is 0 Å². The van der Waals surface area contributed by atoms with Crippen LogP contribution in [0.4, 0.5) is 0 Å². The standard InChI is InChI=1S/C17H26N2O3S/c1-5-18(6-2)17(20)14-11-15-9-12-16(13-10-15)23(21,22)19(7-3)8-4/h9-14H,5-8H2,1-4H3. The van der Waals surface area contributed by atoms with Gasteiger partial charge in [-0.05, 0) is 37.6 Å². The molecule has 0 aromatic heterocycles. The molecule has 1 aromatic rings. The van der Waals surface area contributed by atoms with E-state index in [2.05, 4.69) is 0 Å². The highest BCUT2D eigenvalue weighted by Gasteiger charge is 2.20. The summed E-state index contributed by atoms with van der Waals surface area (Å²) in [4.78, 5) is 13.9. The van der Waals surface area contributed by atoms with Gasteiger partial charge in [-0.2, -0.15) is 4.31 Å². The molecule has 6 heteroatoms. The fourth-order valence-corrected chi connectivity index (χ4v) is 3.73. The van der Waals surface area contributed by atoms with Crippen molar-refractivity contribution in [3.8, 4) is 0 Å². The number of hydrogen-bond acceptors (Lipinski definition) is 3. The van der Waals surface area contributed by atoms with E-state index in [1.54, 1.807) is 35.2 Å². The van der Waals surface area contributed by atoms with Gasteiger partial charge in [-0.3, -0.25) is 4.79 Å². The van der Waals surface area contributed by atoms with Gasteiger partial charge in [0.05, 0.1) is 4.90 Å². The molecule has 0 saturated carbocycles. The van der Waals surface area contributed by atoms with Gasteiger partial charge in [0, 0.05) is 32.3 Å². The molecule has 0 aliphatic carbocycles. The molecule has 0 atom stereocenters. The highest BCUT2D eigenvalue weighted by Crippen LogP contribution is 2.16. The van der Waals surface area contributed by atoms with E-state index in [0.29, 0.717) is 26.2 Å². The van der Waals surface area contributed by atoms with Crippen LogP contribution in [0.5, 0.6) is 0 Å². The second kappa shape index (κ2) is 8.84. The minimum absolute atomic E-state index is 0.0464. The molecule has 0 fully saturated rings. The van der Waals surface area contributed by atoms with Crippen molar-refractivity contribution in [1.29, 1.82) is 0 Å². The summed E-state index contributed by atoms with van der Waals surface area (Å²) in [5.41, 5.74) is 0.795. The van der Waals surface area contributed by atoms with Crippen LogP contribution in [0.2, 0.25) is 0 Å². The van der Waals surface area contributed by atoms with Gasteiger partial charge in [0.15, 0.2) is 0 Å². The third-order valence-corrected chi connectivity index (χ3v) is 5.78. The number of carbonyl (C=O) groups excluding carboxylic acids is 1. The van der Waals surface area contributed by atoms with Crippen LogP contribution in [-0.2, 0) is 14.8 Å². The van der Waals surface area contributed by atoms with E-state index in [1.165, 1.54) is 10.4 Å². The molecular weight excluding hydrogens is 312 g/mol. The second-order valence-corrected chi connectivity index (χ2v) is 6.94. The van der Waals surface area contributed by atoms with Crippen molar-refractivity contribution in [2.45, 2.75) is 32.6 Å². The molecule has 0 N–H and O–H groups in total. The van der Waals surface area contributed by atoms with E-state index in [0.717, 1.165) is 5.56 Å². The van der Waals surface area contributed by atoms with Crippen molar-refractivity contribution in [2.75, 3.05) is 26.2 Å². The first kappa shape index (κ1) is 19.4. The molecule has 5 nitrogen and oxygen atoms in total. The van der Waals surface area contributed by atoms with E-state index >= 15 is 0 Å². The van der Waals surface area contributed by atoms with Gasteiger partial charge >= 0.3 is 0 Å². The van der Waals surface area contributed by atoms with E-state index in [9.17, 15) is 13.2 Å². The third-order valence-electron chi connectivity index (χ3n) is 3.72. The minimum Gasteiger partial charge on any atom is -0.340 e. The molecule has 0 aliphatic rings. The van der Waals surface area contributed by atoms with Crippen molar-refractivity contribution in [2.24, 2.45) is 0 Å². The molecule has 1 amide bonds. The zero-order chi connectivity index (χ0) is 17.5. The molecule has 0 unspecified atom stereocenters. The Balaban J connectivity index is 2.91. The summed E-state index contributed by atoms with van der Waals surface area (Å²) in [7, 11) is -3.44. The largest absolute Gasteiger partial charge is 0.340 e. The number of hydrogen-bond donors (Lipinski definition) is 0. The Morgan fingerprint density at radius 2 is 1.48 bits per heavy atom. The number of carbonyl (C=O) groups is 1. The maximum Gasteiger partial charge on any atom is 0.246 e. The molecule has 1 rings (SSSR count). The zero-order valence-corrected chi connectivity index (χ0v) is 15.1. The Hall–Kier alpha value is -1.66. The lowest BCUT2D eigenvalue weighted by atomic mass is 10.2. The Morgan fingerprint density at radius 3 is 1.91 bits per heavy atom. The summed E-state index contributed by atoms with van der Waals surface area (Å²) in [5.74, 6) is -0.0464. The van der Waals surface area contributed by atoms with E-state index in [4.69, 9.17) is 0 Å². The molecule has 0 bridgehead atoms. The monoisotopic (exact) mass is 338 g/mol. The van der Waals surface area contributed by atoms with Crippen molar-refractivity contribution in [3.63, 3.8) is 0 Å². The van der Waals surface area contributed by atoms with Gasteiger partial charge in [0.1, 0.15) is 0 Å². The number of sulfonamides is 1. The topological polar surface area (TPSA) is 57.7 Å². The average molecular weight is 338 g/mol. The van der Waals surface area contributed by atoms with Gasteiger partial charge < -0.3 is 4.90 Å².